The van der Waals surface area contributed by atoms with Crippen molar-refractivity contribution in [3.8, 4) is 0 Å². The van der Waals surface area contributed by atoms with E-state index in [0.29, 0.717) is 0 Å². The first-order valence-electron chi connectivity index (χ1n) is 5.56. The first kappa shape index (κ1) is 18.4. The molecule has 21 heavy (non-hydrogen) atoms. The van der Waals surface area contributed by atoms with Gasteiger partial charge in [-0.05, 0) is 0 Å². The molecule has 0 bridgehead atoms. The van der Waals surface area contributed by atoms with E-state index >= 15 is 0 Å². The number of carbonyl (C=O) groups is 1. The summed E-state index contributed by atoms with van der Waals surface area (Å²) in [6.07, 6.45) is -7.98. The number of aliphatic hydroxyl groups excluding tert-OH is 3. The van der Waals surface area contributed by atoms with Gasteiger partial charge in [0, 0.05) is 6.42 Å². The summed E-state index contributed by atoms with van der Waals surface area (Å²) in [7, 11) is -4.63. The molecule has 0 spiro atoms. The summed E-state index contributed by atoms with van der Waals surface area (Å²) >= 11 is 0. The molecule has 0 radical (unpaired) electrons. The first-order chi connectivity index (χ1) is 9.52. The fourth-order valence-electron chi connectivity index (χ4n) is 1.71. The zero-order chi connectivity index (χ0) is 16.4. The molecule has 12 nitrogen and oxygen atoms in total. The maximum absolute atomic E-state index is 10.9. The van der Waals surface area contributed by atoms with Crippen molar-refractivity contribution in [3.05, 3.63) is 0 Å². The maximum atomic E-state index is 10.9. The van der Waals surface area contributed by atoms with Gasteiger partial charge in [0.2, 0.25) is 0 Å². The zero-order valence-electron chi connectivity index (χ0n) is 10.5. The van der Waals surface area contributed by atoms with Gasteiger partial charge in [-0.25, -0.2) is 19.9 Å². The van der Waals surface area contributed by atoms with Crippen LogP contribution in [0.1, 0.15) is 6.42 Å². The lowest BCUT2D eigenvalue weighted by atomic mass is 9.93. The topological polar surface area (TPSA) is 209 Å². The molecule has 13 heteroatoms. The molecular formula is C8H16NO11P. The number of carboxylic acid groups (broad SMARTS) is 1. The Morgan fingerprint density at radius 1 is 1.52 bits per heavy atom. The number of phosphoric ester groups is 1. The minimum Gasteiger partial charge on any atom is -0.477 e. The molecule has 0 aromatic rings. The van der Waals surface area contributed by atoms with Crippen LogP contribution in [0, 0.1) is 0 Å². The Morgan fingerprint density at radius 2 is 2.10 bits per heavy atom. The summed E-state index contributed by atoms with van der Waals surface area (Å²) in [6, 6.07) is 0. The summed E-state index contributed by atoms with van der Waals surface area (Å²) < 4.78 is 23.4. The molecule has 0 amide bonds. The predicted molar refractivity (Wildman–Crippen MR) is 61.1 cm³/mol. The van der Waals surface area contributed by atoms with Crippen LogP contribution in [-0.2, 0) is 23.2 Å². The molecule has 124 valence electrons. The third kappa shape index (κ3) is 4.40. The Labute approximate surface area is 117 Å². The molecule has 0 aromatic carbocycles. The highest BCUT2D eigenvalue weighted by Crippen LogP contribution is 2.41. The maximum Gasteiger partial charge on any atom is 0.488 e. The lowest BCUT2D eigenvalue weighted by molar-refractivity contribution is -0.308. The average molecular weight is 333 g/mol. The van der Waals surface area contributed by atoms with Gasteiger partial charge in [-0.2, -0.15) is 0 Å². The van der Waals surface area contributed by atoms with Crippen molar-refractivity contribution in [2.24, 2.45) is 5.90 Å². The molecule has 0 aliphatic carbocycles. The summed E-state index contributed by atoms with van der Waals surface area (Å²) in [4.78, 5) is 19.7. The van der Waals surface area contributed by atoms with Crippen LogP contribution in [0.4, 0.5) is 0 Å². The van der Waals surface area contributed by atoms with E-state index in [4.69, 9.17) is 10.00 Å². The largest absolute Gasteiger partial charge is 0.488 e. The molecule has 0 saturated carbocycles. The van der Waals surface area contributed by atoms with Gasteiger partial charge < -0.3 is 35.2 Å². The van der Waals surface area contributed by atoms with Crippen LogP contribution in [-0.4, -0.2) is 73.2 Å². The highest BCUT2D eigenvalue weighted by Gasteiger charge is 2.52. The average Bonchev–Trinajstić information content (AvgIpc) is 2.40. The van der Waals surface area contributed by atoms with Crippen LogP contribution < -0.4 is 5.90 Å². The minimum absolute atomic E-state index is 0.835. The number of aliphatic hydroxyl groups is 4. The molecule has 8 N–H and O–H groups in total. The van der Waals surface area contributed by atoms with Gasteiger partial charge in [0.15, 0.2) is 0 Å². The van der Waals surface area contributed by atoms with E-state index in [-0.39, 0.29) is 0 Å². The molecule has 1 heterocycles. The van der Waals surface area contributed by atoms with E-state index in [2.05, 4.69) is 19.8 Å². The van der Waals surface area contributed by atoms with Gasteiger partial charge >= 0.3 is 13.8 Å². The summed E-state index contributed by atoms with van der Waals surface area (Å²) in [5, 5.41) is 47.2. The highest BCUT2D eigenvalue weighted by molar-refractivity contribution is 7.47. The number of nitrogens with two attached hydrogens (primary N) is 1. The Morgan fingerprint density at radius 3 is 2.57 bits per heavy atom. The quantitative estimate of drug-likeness (QED) is 0.188. The lowest BCUT2D eigenvalue weighted by Gasteiger charge is -2.41. The van der Waals surface area contributed by atoms with Gasteiger partial charge in [-0.3, -0.25) is 4.52 Å². The second-order valence-electron chi connectivity index (χ2n) is 4.37. The molecule has 1 fully saturated rings. The third-order valence-corrected chi connectivity index (χ3v) is 3.54. The lowest BCUT2D eigenvalue weighted by Crippen LogP contribution is -2.61. The van der Waals surface area contributed by atoms with Crippen molar-refractivity contribution in [1.82, 2.24) is 0 Å². The molecule has 0 aromatic heterocycles. The third-order valence-electron chi connectivity index (χ3n) is 2.80. The monoisotopic (exact) mass is 333 g/mol. The van der Waals surface area contributed by atoms with Gasteiger partial charge in [0.05, 0.1) is 12.7 Å². The number of aliphatic carboxylic acids is 1. The zero-order valence-corrected chi connectivity index (χ0v) is 11.4. The smallest absolute Gasteiger partial charge is 0.477 e. The number of carboxylic acids is 1. The number of hydrogen-bond donors (Lipinski definition) is 7. The van der Waals surface area contributed by atoms with Crippen LogP contribution in [0.3, 0.4) is 0 Å². The first-order valence-corrected chi connectivity index (χ1v) is 7.05. The number of rotatable bonds is 6. The van der Waals surface area contributed by atoms with Crippen LogP contribution in [0.2, 0.25) is 0 Å². The molecular weight excluding hydrogens is 317 g/mol. The molecule has 1 unspecified atom stereocenters. The fourth-order valence-corrected chi connectivity index (χ4v) is 2.11. The standard InChI is InChI=1S/C8H16NO11P/c9-20-21(16,17)18-2-4(11)6-5(12)3(10)1-8(15,19-6)7(13)14/h3-6,10-12,15H,1-2,9H2,(H,13,14)(H,16,17)/t3-,4-,5-,6-,8-/m1/s1. The van der Waals surface area contributed by atoms with E-state index < -0.39 is 57.0 Å². The molecule has 1 saturated heterocycles. The van der Waals surface area contributed by atoms with Gasteiger partial charge in [0.25, 0.3) is 5.79 Å². The Bertz CT molecular complexity index is 432. The number of phosphoric acid groups is 1. The summed E-state index contributed by atoms with van der Waals surface area (Å²) in [5.74, 6) is -0.234. The van der Waals surface area contributed by atoms with E-state index in [1.807, 2.05) is 0 Å². The van der Waals surface area contributed by atoms with Crippen molar-refractivity contribution in [2.75, 3.05) is 6.61 Å². The Balaban J connectivity index is 2.78. The van der Waals surface area contributed by atoms with Gasteiger partial charge in [-0.15, -0.1) is 0 Å². The molecule has 1 aliphatic heterocycles. The Kier molecular flexibility index (Phi) is 5.80. The van der Waals surface area contributed by atoms with E-state index in [1.54, 1.807) is 0 Å². The van der Waals surface area contributed by atoms with Gasteiger partial charge in [0.1, 0.15) is 18.3 Å². The summed E-state index contributed by atoms with van der Waals surface area (Å²) in [6.45, 7) is -0.949. The van der Waals surface area contributed by atoms with E-state index in [0.717, 1.165) is 0 Å². The van der Waals surface area contributed by atoms with E-state index in [1.165, 1.54) is 0 Å². The van der Waals surface area contributed by atoms with Crippen LogP contribution in [0.25, 0.3) is 0 Å². The second kappa shape index (κ2) is 6.62. The molecule has 6 atom stereocenters. The summed E-state index contributed by atoms with van der Waals surface area (Å²) in [5.41, 5.74) is 0. The SMILES string of the molecule is NOP(=O)(O)OC[C@@H](O)[C@H]1O[C@@](O)(C(=O)O)C[C@@H](O)[C@H]1O. The van der Waals surface area contributed by atoms with Crippen LogP contribution in [0.15, 0.2) is 0 Å². The normalized spacial score (nSPS) is 37.7. The fraction of sp³-hybridized carbons (Fsp3) is 0.875. The predicted octanol–water partition coefficient (Wildman–Crippen LogP) is -3.36. The number of hydrogen-bond acceptors (Lipinski definition) is 10. The Hall–Kier alpha value is -0.660. The number of ether oxygens (including phenoxy) is 1. The van der Waals surface area contributed by atoms with E-state index in [9.17, 15) is 29.8 Å². The van der Waals surface area contributed by atoms with Crippen LogP contribution in [0.5, 0.6) is 0 Å². The van der Waals surface area contributed by atoms with Crippen LogP contribution >= 0.6 is 7.82 Å². The van der Waals surface area contributed by atoms with Crippen molar-refractivity contribution in [1.29, 1.82) is 0 Å². The molecule has 1 aliphatic rings. The van der Waals surface area contributed by atoms with Gasteiger partial charge in [-0.1, -0.05) is 0 Å². The molecule has 1 rings (SSSR count). The minimum atomic E-state index is -4.63. The van der Waals surface area contributed by atoms with Crippen molar-refractivity contribution >= 4 is 13.8 Å². The van der Waals surface area contributed by atoms with Crippen molar-refractivity contribution < 1.29 is 53.7 Å². The van der Waals surface area contributed by atoms with Crippen molar-refractivity contribution in [2.45, 2.75) is 36.6 Å². The van der Waals surface area contributed by atoms with Crippen molar-refractivity contribution in [3.63, 3.8) is 0 Å². The highest BCUT2D eigenvalue weighted by atomic mass is 31.2. The second-order valence-corrected chi connectivity index (χ2v) is 5.78.